The minimum atomic E-state index is 0.215. The van der Waals surface area contributed by atoms with Crippen molar-refractivity contribution in [3.8, 4) is 0 Å². The quantitative estimate of drug-likeness (QED) is 0.682. The normalized spacial score (nSPS) is 32.8. The van der Waals surface area contributed by atoms with Crippen molar-refractivity contribution in [3.05, 3.63) is 0 Å². The van der Waals surface area contributed by atoms with Gasteiger partial charge in [0.1, 0.15) is 0 Å². The van der Waals surface area contributed by atoms with Crippen LogP contribution in [0.3, 0.4) is 0 Å². The zero-order valence-corrected chi connectivity index (χ0v) is 10.4. The van der Waals surface area contributed by atoms with E-state index in [1.54, 1.807) is 0 Å². The van der Waals surface area contributed by atoms with E-state index in [1.165, 1.54) is 0 Å². The maximum Gasteiger partial charge on any atom is 0.227 e. The number of likely N-dealkylation sites (N-methyl/N-ethyl adjacent to an activating group) is 1. The number of hydrogen-bond acceptors (Lipinski definition) is 3. The fourth-order valence-electron chi connectivity index (χ4n) is 2.63. The highest BCUT2D eigenvalue weighted by molar-refractivity contribution is 5.79. The molecule has 2 heterocycles. The van der Waals surface area contributed by atoms with Gasteiger partial charge in [-0.1, -0.05) is 6.92 Å². The fourth-order valence-corrected chi connectivity index (χ4v) is 2.63. The van der Waals surface area contributed by atoms with Gasteiger partial charge in [0.15, 0.2) is 0 Å². The summed E-state index contributed by atoms with van der Waals surface area (Å²) in [5.74, 6) is 1.22. The summed E-state index contributed by atoms with van der Waals surface area (Å²) in [7, 11) is 2.12. The number of piperidine rings is 1. The molecule has 2 atom stereocenters. The standard InChI is InChI=1S/C12H23N3O/c1-10-7-11(9-13-8-10)12(16)15-5-3-14(2)4-6-15/h10-11,13H,3-9H2,1-2H3. The zero-order valence-electron chi connectivity index (χ0n) is 10.4. The van der Waals surface area contributed by atoms with Crippen LogP contribution in [0.1, 0.15) is 13.3 Å². The summed E-state index contributed by atoms with van der Waals surface area (Å²) in [6, 6.07) is 0. The van der Waals surface area contributed by atoms with Crippen molar-refractivity contribution in [2.75, 3.05) is 46.3 Å². The predicted octanol–water partition coefficient (Wildman–Crippen LogP) is 0.00600. The van der Waals surface area contributed by atoms with Gasteiger partial charge in [0.2, 0.25) is 5.91 Å². The molecule has 0 saturated carbocycles. The third kappa shape index (κ3) is 2.74. The van der Waals surface area contributed by atoms with Crippen LogP contribution in [-0.4, -0.2) is 62.0 Å². The smallest absolute Gasteiger partial charge is 0.227 e. The van der Waals surface area contributed by atoms with Gasteiger partial charge >= 0.3 is 0 Å². The summed E-state index contributed by atoms with van der Waals surface area (Å²) in [6.45, 7) is 7.99. The van der Waals surface area contributed by atoms with Crippen LogP contribution < -0.4 is 5.32 Å². The number of hydrogen-bond donors (Lipinski definition) is 1. The van der Waals surface area contributed by atoms with Gasteiger partial charge < -0.3 is 15.1 Å². The summed E-state index contributed by atoms with van der Waals surface area (Å²) >= 11 is 0. The van der Waals surface area contributed by atoms with Crippen LogP contribution in [0, 0.1) is 11.8 Å². The number of piperazine rings is 1. The molecule has 92 valence electrons. The fraction of sp³-hybridized carbons (Fsp3) is 0.917. The number of amides is 1. The number of carbonyl (C=O) groups is 1. The first kappa shape index (κ1) is 11.9. The van der Waals surface area contributed by atoms with Gasteiger partial charge in [-0.2, -0.15) is 0 Å². The minimum absolute atomic E-state index is 0.215. The Bertz CT molecular complexity index is 249. The van der Waals surface area contributed by atoms with Gasteiger partial charge in [-0.25, -0.2) is 0 Å². The molecule has 0 aromatic rings. The molecule has 2 rings (SSSR count). The zero-order chi connectivity index (χ0) is 11.5. The summed E-state index contributed by atoms with van der Waals surface area (Å²) in [4.78, 5) is 16.6. The van der Waals surface area contributed by atoms with Crippen molar-refractivity contribution in [1.82, 2.24) is 15.1 Å². The van der Waals surface area contributed by atoms with Crippen LogP contribution in [0.2, 0.25) is 0 Å². The van der Waals surface area contributed by atoms with Gasteiger partial charge in [0.05, 0.1) is 5.92 Å². The van der Waals surface area contributed by atoms with Crippen LogP contribution in [0.15, 0.2) is 0 Å². The van der Waals surface area contributed by atoms with E-state index in [9.17, 15) is 4.79 Å². The van der Waals surface area contributed by atoms with Crippen molar-refractivity contribution in [1.29, 1.82) is 0 Å². The first-order valence-electron chi connectivity index (χ1n) is 6.35. The largest absolute Gasteiger partial charge is 0.340 e. The number of nitrogens with zero attached hydrogens (tertiary/aromatic N) is 2. The minimum Gasteiger partial charge on any atom is -0.340 e. The predicted molar refractivity (Wildman–Crippen MR) is 64.2 cm³/mol. The Hall–Kier alpha value is -0.610. The molecule has 0 radical (unpaired) electrons. The molecule has 4 nitrogen and oxygen atoms in total. The molecule has 0 bridgehead atoms. The van der Waals surface area contributed by atoms with E-state index in [0.29, 0.717) is 11.8 Å². The molecular formula is C12H23N3O. The Kier molecular flexibility index (Phi) is 3.82. The van der Waals surface area contributed by atoms with Crippen LogP contribution in [-0.2, 0) is 4.79 Å². The highest BCUT2D eigenvalue weighted by atomic mass is 16.2. The van der Waals surface area contributed by atoms with Crippen molar-refractivity contribution < 1.29 is 4.79 Å². The highest BCUT2D eigenvalue weighted by Gasteiger charge is 2.29. The molecule has 1 N–H and O–H groups in total. The summed E-state index contributed by atoms with van der Waals surface area (Å²) in [5.41, 5.74) is 0. The lowest BCUT2D eigenvalue weighted by atomic mass is 9.90. The molecule has 0 aromatic heterocycles. The molecule has 2 unspecified atom stereocenters. The van der Waals surface area contributed by atoms with Crippen LogP contribution >= 0.6 is 0 Å². The van der Waals surface area contributed by atoms with E-state index in [2.05, 4.69) is 24.2 Å². The molecule has 1 amide bonds. The monoisotopic (exact) mass is 225 g/mol. The Labute approximate surface area is 98.0 Å². The average Bonchev–Trinajstić information content (AvgIpc) is 2.29. The molecule has 16 heavy (non-hydrogen) atoms. The van der Waals surface area contributed by atoms with E-state index >= 15 is 0 Å². The van der Waals surface area contributed by atoms with E-state index in [-0.39, 0.29) is 5.92 Å². The van der Waals surface area contributed by atoms with E-state index < -0.39 is 0 Å². The van der Waals surface area contributed by atoms with Crippen molar-refractivity contribution in [2.24, 2.45) is 11.8 Å². The Morgan fingerprint density at radius 1 is 1.19 bits per heavy atom. The Balaban J connectivity index is 1.86. The second-order valence-electron chi connectivity index (χ2n) is 5.32. The van der Waals surface area contributed by atoms with Gasteiger partial charge in [-0.3, -0.25) is 4.79 Å². The van der Waals surface area contributed by atoms with Crippen LogP contribution in [0.4, 0.5) is 0 Å². The summed E-state index contributed by atoms with van der Waals surface area (Å²) in [5, 5.41) is 3.36. The second kappa shape index (κ2) is 5.15. The summed E-state index contributed by atoms with van der Waals surface area (Å²) in [6.07, 6.45) is 1.05. The number of carbonyl (C=O) groups excluding carboxylic acids is 1. The maximum absolute atomic E-state index is 12.3. The molecule has 2 fully saturated rings. The SMILES string of the molecule is CC1CNCC(C(=O)N2CCN(C)CC2)C1. The van der Waals surface area contributed by atoms with E-state index in [4.69, 9.17) is 0 Å². The average molecular weight is 225 g/mol. The van der Waals surface area contributed by atoms with Gasteiger partial charge in [0.25, 0.3) is 0 Å². The summed E-state index contributed by atoms with van der Waals surface area (Å²) < 4.78 is 0. The first-order chi connectivity index (χ1) is 7.66. The van der Waals surface area contributed by atoms with Crippen molar-refractivity contribution in [3.63, 3.8) is 0 Å². The molecule has 0 spiro atoms. The molecule has 4 heteroatoms. The van der Waals surface area contributed by atoms with Gasteiger partial charge in [0, 0.05) is 32.7 Å². The van der Waals surface area contributed by atoms with E-state index in [0.717, 1.165) is 45.7 Å². The molecule has 0 aliphatic carbocycles. The number of rotatable bonds is 1. The van der Waals surface area contributed by atoms with Crippen molar-refractivity contribution in [2.45, 2.75) is 13.3 Å². The van der Waals surface area contributed by atoms with Gasteiger partial charge in [-0.05, 0) is 25.9 Å². The topological polar surface area (TPSA) is 35.6 Å². The van der Waals surface area contributed by atoms with E-state index in [1.807, 2.05) is 4.90 Å². The lowest BCUT2D eigenvalue weighted by Crippen LogP contribution is -2.51. The lowest BCUT2D eigenvalue weighted by molar-refractivity contribution is -0.138. The number of nitrogens with one attached hydrogen (secondary N) is 1. The van der Waals surface area contributed by atoms with Crippen LogP contribution in [0.25, 0.3) is 0 Å². The third-order valence-electron chi connectivity index (χ3n) is 3.73. The van der Waals surface area contributed by atoms with Crippen molar-refractivity contribution >= 4 is 5.91 Å². The molecule has 2 aliphatic heterocycles. The molecule has 0 aromatic carbocycles. The van der Waals surface area contributed by atoms with Gasteiger partial charge in [-0.15, -0.1) is 0 Å². The first-order valence-corrected chi connectivity index (χ1v) is 6.35. The maximum atomic E-state index is 12.3. The third-order valence-corrected chi connectivity index (χ3v) is 3.73. The molecule has 2 aliphatic rings. The second-order valence-corrected chi connectivity index (χ2v) is 5.32. The molecular weight excluding hydrogens is 202 g/mol. The lowest BCUT2D eigenvalue weighted by Gasteiger charge is -2.36. The molecule has 2 saturated heterocycles. The Morgan fingerprint density at radius 2 is 1.88 bits per heavy atom. The van der Waals surface area contributed by atoms with Crippen LogP contribution in [0.5, 0.6) is 0 Å². The Morgan fingerprint density at radius 3 is 2.50 bits per heavy atom. The highest BCUT2D eigenvalue weighted by Crippen LogP contribution is 2.18.